The predicted octanol–water partition coefficient (Wildman–Crippen LogP) is 3.43. The lowest BCUT2D eigenvalue weighted by Gasteiger charge is -2.29. The van der Waals surface area contributed by atoms with E-state index in [9.17, 15) is 9.18 Å². The van der Waals surface area contributed by atoms with Gasteiger partial charge in [0.15, 0.2) is 0 Å². The van der Waals surface area contributed by atoms with Crippen LogP contribution in [0.25, 0.3) is 0 Å². The average molecular weight is 285 g/mol. The fourth-order valence-electron chi connectivity index (χ4n) is 2.67. The highest BCUT2D eigenvalue weighted by Gasteiger charge is 2.23. The van der Waals surface area contributed by atoms with Gasteiger partial charge in [-0.25, -0.2) is 4.39 Å². The predicted molar refractivity (Wildman–Crippen MR) is 79.4 cm³/mol. The van der Waals surface area contributed by atoms with Crippen LogP contribution < -0.4 is 9.64 Å². The average Bonchev–Trinajstić information content (AvgIpc) is 2.53. The molecule has 0 N–H and O–H groups in total. The lowest BCUT2D eigenvalue weighted by atomic mass is 10.0. The van der Waals surface area contributed by atoms with Crippen molar-refractivity contribution in [2.24, 2.45) is 0 Å². The molecule has 0 saturated heterocycles. The molecule has 0 unspecified atom stereocenters. The minimum Gasteiger partial charge on any atom is -0.497 e. The Kier molecular flexibility index (Phi) is 3.60. The highest BCUT2D eigenvalue weighted by atomic mass is 19.1. The molecule has 1 amide bonds. The first-order valence-electron chi connectivity index (χ1n) is 6.93. The molecule has 0 aliphatic carbocycles. The molecule has 2 aromatic rings. The van der Waals surface area contributed by atoms with Gasteiger partial charge in [0.25, 0.3) is 5.91 Å². The largest absolute Gasteiger partial charge is 0.497 e. The van der Waals surface area contributed by atoms with E-state index >= 15 is 0 Å². The van der Waals surface area contributed by atoms with Gasteiger partial charge >= 0.3 is 0 Å². The van der Waals surface area contributed by atoms with E-state index in [0.29, 0.717) is 17.9 Å². The highest BCUT2D eigenvalue weighted by molar-refractivity contribution is 6.06. The standard InChI is InChI=1S/C17H16FNO2/c1-21-15-7-4-12(5-8-15)17(20)19-10-2-3-13-11-14(18)6-9-16(13)19/h4-9,11H,2-3,10H2,1H3. The number of fused-ring (bicyclic) bond motifs is 1. The van der Waals surface area contributed by atoms with E-state index in [1.807, 2.05) is 0 Å². The fourth-order valence-corrected chi connectivity index (χ4v) is 2.67. The molecule has 0 saturated carbocycles. The van der Waals surface area contributed by atoms with Crippen LogP contribution in [0.5, 0.6) is 5.75 Å². The third-order valence-corrected chi connectivity index (χ3v) is 3.74. The Balaban J connectivity index is 1.92. The van der Waals surface area contributed by atoms with Crippen molar-refractivity contribution in [2.45, 2.75) is 12.8 Å². The van der Waals surface area contributed by atoms with E-state index in [-0.39, 0.29) is 11.7 Å². The van der Waals surface area contributed by atoms with Crippen molar-refractivity contribution >= 4 is 11.6 Å². The molecule has 2 aromatic carbocycles. The second-order valence-corrected chi connectivity index (χ2v) is 5.06. The van der Waals surface area contributed by atoms with Crippen LogP contribution in [0, 0.1) is 5.82 Å². The molecule has 0 aromatic heterocycles. The second kappa shape index (κ2) is 5.56. The van der Waals surface area contributed by atoms with Gasteiger partial charge < -0.3 is 9.64 Å². The first-order valence-corrected chi connectivity index (χ1v) is 6.93. The molecule has 108 valence electrons. The lowest BCUT2D eigenvalue weighted by molar-refractivity contribution is 0.0985. The Morgan fingerprint density at radius 1 is 1.19 bits per heavy atom. The lowest BCUT2D eigenvalue weighted by Crippen LogP contribution is -2.35. The van der Waals surface area contributed by atoms with Crippen molar-refractivity contribution in [1.29, 1.82) is 0 Å². The molecular formula is C17H16FNO2. The van der Waals surface area contributed by atoms with E-state index in [2.05, 4.69) is 0 Å². The molecule has 0 radical (unpaired) electrons. The Hall–Kier alpha value is -2.36. The summed E-state index contributed by atoms with van der Waals surface area (Å²) in [4.78, 5) is 14.4. The quantitative estimate of drug-likeness (QED) is 0.846. The number of benzene rings is 2. The van der Waals surface area contributed by atoms with Crippen molar-refractivity contribution in [1.82, 2.24) is 0 Å². The number of halogens is 1. The fraction of sp³-hybridized carbons (Fsp3) is 0.235. The monoisotopic (exact) mass is 285 g/mol. The van der Waals surface area contributed by atoms with E-state index in [1.165, 1.54) is 12.1 Å². The van der Waals surface area contributed by atoms with Gasteiger partial charge in [0.2, 0.25) is 0 Å². The number of methoxy groups -OCH3 is 1. The van der Waals surface area contributed by atoms with Crippen LogP contribution in [0.1, 0.15) is 22.3 Å². The van der Waals surface area contributed by atoms with Crippen LogP contribution in [0.15, 0.2) is 42.5 Å². The number of rotatable bonds is 2. The van der Waals surface area contributed by atoms with Gasteiger partial charge in [0.1, 0.15) is 11.6 Å². The van der Waals surface area contributed by atoms with Crippen molar-refractivity contribution in [2.75, 3.05) is 18.6 Å². The van der Waals surface area contributed by atoms with Crippen molar-refractivity contribution < 1.29 is 13.9 Å². The zero-order valence-corrected chi connectivity index (χ0v) is 11.8. The first-order chi connectivity index (χ1) is 10.2. The zero-order valence-electron chi connectivity index (χ0n) is 11.8. The Morgan fingerprint density at radius 2 is 1.95 bits per heavy atom. The van der Waals surface area contributed by atoms with E-state index in [1.54, 1.807) is 42.3 Å². The molecular weight excluding hydrogens is 269 g/mol. The molecule has 3 nitrogen and oxygen atoms in total. The number of nitrogens with zero attached hydrogens (tertiary/aromatic N) is 1. The number of anilines is 1. The number of ether oxygens (including phenoxy) is 1. The summed E-state index contributed by atoms with van der Waals surface area (Å²) >= 11 is 0. The summed E-state index contributed by atoms with van der Waals surface area (Å²) < 4.78 is 18.4. The Bertz CT molecular complexity index is 667. The maximum Gasteiger partial charge on any atom is 0.258 e. The second-order valence-electron chi connectivity index (χ2n) is 5.06. The number of hydrogen-bond acceptors (Lipinski definition) is 2. The normalized spacial score (nSPS) is 13.7. The summed E-state index contributed by atoms with van der Waals surface area (Å²) in [5.74, 6) is 0.394. The maximum atomic E-state index is 13.3. The number of carbonyl (C=O) groups is 1. The van der Waals surface area contributed by atoms with Crippen LogP contribution in [0.4, 0.5) is 10.1 Å². The van der Waals surface area contributed by atoms with Gasteiger partial charge in [0.05, 0.1) is 7.11 Å². The summed E-state index contributed by atoms with van der Waals surface area (Å²) in [5.41, 5.74) is 2.31. The number of amides is 1. The van der Waals surface area contributed by atoms with Gasteiger partial charge in [-0.05, 0) is 60.9 Å². The summed E-state index contributed by atoms with van der Waals surface area (Å²) in [6.45, 7) is 0.656. The number of hydrogen-bond donors (Lipinski definition) is 0. The summed E-state index contributed by atoms with van der Waals surface area (Å²) in [5, 5.41) is 0. The Morgan fingerprint density at radius 3 is 2.67 bits per heavy atom. The molecule has 0 spiro atoms. The topological polar surface area (TPSA) is 29.5 Å². The molecule has 1 heterocycles. The number of carbonyl (C=O) groups excluding carboxylic acids is 1. The maximum absolute atomic E-state index is 13.3. The molecule has 4 heteroatoms. The summed E-state index contributed by atoms with van der Waals surface area (Å²) in [6.07, 6.45) is 1.65. The molecule has 1 aliphatic rings. The Labute approximate surface area is 123 Å². The van der Waals surface area contributed by atoms with Gasteiger partial charge in [-0.2, -0.15) is 0 Å². The smallest absolute Gasteiger partial charge is 0.258 e. The first kappa shape index (κ1) is 13.6. The van der Waals surface area contributed by atoms with Crippen molar-refractivity contribution in [3.8, 4) is 5.75 Å². The molecule has 0 bridgehead atoms. The van der Waals surface area contributed by atoms with Crippen LogP contribution in [0.3, 0.4) is 0 Å². The summed E-state index contributed by atoms with van der Waals surface area (Å²) in [7, 11) is 1.59. The van der Waals surface area contributed by atoms with Gasteiger partial charge in [-0.3, -0.25) is 4.79 Å². The minimum absolute atomic E-state index is 0.0646. The SMILES string of the molecule is COc1ccc(C(=O)N2CCCc3cc(F)ccc32)cc1. The zero-order chi connectivity index (χ0) is 14.8. The molecule has 1 aliphatic heterocycles. The van der Waals surface area contributed by atoms with E-state index in [4.69, 9.17) is 4.74 Å². The number of aryl methyl sites for hydroxylation is 1. The van der Waals surface area contributed by atoms with Crippen LogP contribution in [-0.2, 0) is 6.42 Å². The molecule has 0 atom stereocenters. The van der Waals surface area contributed by atoms with Crippen LogP contribution >= 0.6 is 0 Å². The third kappa shape index (κ3) is 2.61. The summed E-state index contributed by atoms with van der Waals surface area (Å²) in [6, 6.07) is 11.6. The van der Waals surface area contributed by atoms with E-state index in [0.717, 1.165) is 24.1 Å². The van der Waals surface area contributed by atoms with Crippen molar-refractivity contribution in [3.63, 3.8) is 0 Å². The van der Waals surface area contributed by atoms with Crippen molar-refractivity contribution in [3.05, 3.63) is 59.4 Å². The van der Waals surface area contributed by atoms with Gasteiger partial charge in [-0.15, -0.1) is 0 Å². The minimum atomic E-state index is -0.257. The molecule has 3 rings (SSSR count). The highest BCUT2D eigenvalue weighted by Crippen LogP contribution is 2.29. The van der Waals surface area contributed by atoms with Gasteiger partial charge in [0, 0.05) is 17.8 Å². The van der Waals surface area contributed by atoms with Crippen LogP contribution in [-0.4, -0.2) is 19.6 Å². The third-order valence-electron chi connectivity index (χ3n) is 3.74. The van der Waals surface area contributed by atoms with E-state index < -0.39 is 0 Å². The van der Waals surface area contributed by atoms with Crippen LogP contribution in [0.2, 0.25) is 0 Å². The molecule has 0 fully saturated rings. The van der Waals surface area contributed by atoms with Gasteiger partial charge in [-0.1, -0.05) is 0 Å². The molecule has 21 heavy (non-hydrogen) atoms.